The first kappa shape index (κ1) is 26.6. The smallest absolute Gasteiger partial charge is 0.399 e. The molecule has 2 aliphatic rings. The van der Waals surface area contributed by atoms with Gasteiger partial charge < -0.3 is 4.74 Å². The molecular formula is C28H35F5O. The lowest BCUT2D eigenvalue weighted by atomic mass is 9.68. The lowest BCUT2D eigenvalue weighted by Gasteiger charge is -2.37. The Morgan fingerprint density at radius 1 is 0.912 bits per heavy atom. The summed E-state index contributed by atoms with van der Waals surface area (Å²) >= 11 is 0. The zero-order valence-corrected chi connectivity index (χ0v) is 19.9. The van der Waals surface area contributed by atoms with Gasteiger partial charge in [-0.15, -0.1) is 13.2 Å². The molecule has 0 unspecified atom stereocenters. The fourth-order valence-corrected chi connectivity index (χ4v) is 5.59. The standard InChI is InChI=1S/C28H35F5O/c1-2-3-4-7-20-10-14-23(15-11-20)24-16-12-21(13-17-24)8-5-6-9-22-18-25(29)27(26(30)19-22)34-28(31,32)33/h5,8,18-21,23-24H,2-4,7,10-17H2,1H3/t20-,21-,23-,24-. The minimum Gasteiger partial charge on any atom is -0.399 e. The molecule has 0 N–H and O–H groups in total. The summed E-state index contributed by atoms with van der Waals surface area (Å²) in [6.45, 7) is 2.26. The van der Waals surface area contributed by atoms with E-state index in [-0.39, 0.29) is 5.56 Å². The lowest BCUT2D eigenvalue weighted by Crippen LogP contribution is -2.25. The van der Waals surface area contributed by atoms with E-state index < -0.39 is 23.7 Å². The molecule has 0 aromatic heterocycles. The summed E-state index contributed by atoms with van der Waals surface area (Å²) in [5.41, 5.74) is -0.0387. The fourth-order valence-electron chi connectivity index (χ4n) is 5.59. The number of alkyl halides is 3. The monoisotopic (exact) mass is 482 g/mol. The molecule has 1 aromatic rings. The van der Waals surface area contributed by atoms with Crippen LogP contribution in [0.5, 0.6) is 5.75 Å². The number of ether oxygens (including phenoxy) is 1. The van der Waals surface area contributed by atoms with Gasteiger partial charge in [-0.2, -0.15) is 0 Å². The molecule has 1 nitrogen and oxygen atoms in total. The van der Waals surface area contributed by atoms with E-state index in [0.717, 1.165) is 42.7 Å². The first-order valence-electron chi connectivity index (χ1n) is 12.7. The second-order valence-electron chi connectivity index (χ2n) is 9.90. The summed E-state index contributed by atoms with van der Waals surface area (Å²) in [5.74, 6) is 4.10. The molecule has 0 radical (unpaired) electrons. The van der Waals surface area contributed by atoms with Gasteiger partial charge in [0.2, 0.25) is 5.75 Å². The predicted octanol–water partition coefficient (Wildman–Crippen LogP) is 8.96. The third-order valence-corrected chi connectivity index (χ3v) is 7.47. The van der Waals surface area contributed by atoms with Crippen LogP contribution in [-0.2, 0) is 0 Å². The van der Waals surface area contributed by atoms with Gasteiger partial charge in [-0.3, -0.25) is 0 Å². The number of unbranched alkanes of at least 4 members (excludes halogenated alkanes) is 2. The van der Waals surface area contributed by atoms with Crippen LogP contribution in [0.3, 0.4) is 0 Å². The third-order valence-electron chi connectivity index (χ3n) is 7.47. The molecule has 0 atom stereocenters. The maximum absolute atomic E-state index is 13.8. The largest absolute Gasteiger partial charge is 0.573 e. The van der Waals surface area contributed by atoms with Crippen LogP contribution in [0.25, 0.3) is 0 Å². The summed E-state index contributed by atoms with van der Waals surface area (Å²) in [6, 6.07) is 1.49. The van der Waals surface area contributed by atoms with Gasteiger partial charge in [0.1, 0.15) is 0 Å². The van der Waals surface area contributed by atoms with Gasteiger partial charge in [0.15, 0.2) is 11.6 Å². The summed E-state index contributed by atoms with van der Waals surface area (Å²) in [6.07, 6.45) is 14.3. The SMILES string of the molecule is CCCCC[C@H]1CC[C@H]([C@H]2CC[C@H](C=CC#Cc3cc(F)c(OC(F)(F)F)c(F)c3)CC2)CC1. The maximum atomic E-state index is 13.8. The van der Waals surface area contributed by atoms with Crippen molar-refractivity contribution in [1.29, 1.82) is 0 Å². The summed E-state index contributed by atoms with van der Waals surface area (Å²) in [5, 5.41) is 0. The van der Waals surface area contributed by atoms with Crippen molar-refractivity contribution < 1.29 is 26.7 Å². The van der Waals surface area contributed by atoms with Gasteiger partial charge in [0.05, 0.1) is 0 Å². The number of halogens is 5. The number of hydrogen-bond donors (Lipinski definition) is 0. The zero-order valence-electron chi connectivity index (χ0n) is 19.9. The van der Waals surface area contributed by atoms with E-state index in [9.17, 15) is 22.0 Å². The predicted molar refractivity (Wildman–Crippen MR) is 124 cm³/mol. The van der Waals surface area contributed by atoms with E-state index >= 15 is 0 Å². The van der Waals surface area contributed by atoms with Crippen molar-refractivity contribution in [2.24, 2.45) is 23.7 Å². The van der Waals surface area contributed by atoms with Crippen molar-refractivity contribution in [3.63, 3.8) is 0 Å². The van der Waals surface area contributed by atoms with Crippen LogP contribution in [-0.4, -0.2) is 6.36 Å². The van der Waals surface area contributed by atoms with Gasteiger partial charge >= 0.3 is 6.36 Å². The number of allylic oxidation sites excluding steroid dienone is 2. The molecule has 0 aliphatic heterocycles. The van der Waals surface area contributed by atoms with Crippen molar-refractivity contribution in [2.45, 2.75) is 90.3 Å². The average Bonchev–Trinajstić information content (AvgIpc) is 2.80. The Morgan fingerprint density at radius 2 is 1.50 bits per heavy atom. The fraction of sp³-hybridized carbons (Fsp3) is 0.643. The van der Waals surface area contributed by atoms with Crippen molar-refractivity contribution in [2.75, 3.05) is 0 Å². The quantitative estimate of drug-likeness (QED) is 0.214. The molecule has 2 fully saturated rings. The number of hydrogen-bond acceptors (Lipinski definition) is 1. The highest BCUT2D eigenvalue weighted by Crippen LogP contribution is 2.42. The number of benzene rings is 1. The Balaban J connectivity index is 1.43. The van der Waals surface area contributed by atoms with Crippen molar-refractivity contribution in [1.82, 2.24) is 0 Å². The zero-order chi connectivity index (χ0) is 24.6. The van der Waals surface area contributed by atoms with Gasteiger partial charge in [-0.05, 0) is 80.4 Å². The highest BCUT2D eigenvalue weighted by atomic mass is 19.4. The van der Waals surface area contributed by atoms with E-state index in [1.807, 2.05) is 6.08 Å². The van der Waals surface area contributed by atoms with Crippen LogP contribution in [0, 0.1) is 47.1 Å². The molecule has 3 rings (SSSR count). The Kier molecular flexibility index (Phi) is 9.85. The molecular weight excluding hydrogens is 447 g/mol. The van der Waals surface area contributed by atoms with Crippen LogP contribution in [0.15, 0.2) is 24.3 Å². The van der Waals surface area contributed by atoms with Crippen molar-refractivity contribution >= 4 is 0 Å². The molecule has 0 amide bonds. The first-order valence-corrected chi connectivity index (χ1v) is 12.7. The summed E-state index contributed by atoms with van der Waals surface area (Å²) < 4.78 is 67.6. The minimum atomic E-state index is -5.16. The van der Waals surface area contributed by atoms with Crippen LogP contribution in [0.1, 0.15) is 89.5 Å². The first-order chi connectivity index (χ1) is 16.2. The molecule has 188 valence electrons. The molecule has 6 heteroatoms. The topological polar surface area (TPSA) is 9.23 Å². The van der Waals surface area contributed by atoms with Crippen LogP contribution < -0.4 is 4.74 Å². The normalized spacial score (nSPS) is 25.7. The van der Waals surface area contributed by atoms with E-state index in [1.165, 1.54) is 64.2 Å². The van der Waals surface area contributed by atoms with Crippen LogP contribution in [0.4, 0.5) is 22.0 Å². The summed E-state index contributed by atoms with van der Waals surface area (Å²) in [7, 11) is 0. The van der Waals surface area contributed by atoms with Gasteiger partial charge in [-0.1, -0.05) is 63.4 Å². The highest BCUT2D eigenvalue weighted by molar-refractivity contribution is 5.42. The summed E-state index contributed by atoms with van der Waals surface area (Å²) in [4.78, 5) is 0. The molecule has 0 bridgehead atoms. The second kappa shape index (κ2) is 12.6. The van der Waals surface area contributed by atoms with Gasteiger partial charge in [0, 0.05) is 5.56 Å². The molecule has 0 spiro atoms. The second-order valence-corrected chi connectivity index (χ2v) is 9.90. The molecule has 0 saturated heterocycles. The van der Waals surface area contributed by atoms with E-state index in [4.69, 9.17) is 0 Å². The Labute approximate surface area is 200 Å². The van der Waals surface area contributed by atoms with Crippen LogP contribution >= 0.6 is 0 Å². The van der Waals surface area contributed by atoms with Gasteiger partial charge in [0.25, 0.3) is 0 Å². The van der Waals surface area contributed by atoms with E-state index in [1.54, 1.807) is 6.08 Å². The molecule has 1 aromatic carbocycles. The molecule has 0 heterocycles. The van der Waals surface area contributed by atoms with Gasteiger partial charge in [-0.25, -0.2) is 8.78 Å². The highest BCUT2D eigenvalue weighted by Gasteiger charge is 2.34. The van der Waals surface area contributed by atoms with E-state index in [0.29, 0.717) is 5.92 Å². The molecule has 34 heavy (non-hydrogen) atoms. The van der Waals surface area contributed by atoms with Crippen molar-refractivity contribution in [3.8, 4) is 17.6 Å². The minimum absolute atomic E-state index is 0.0387. The van der Waals surface area contributed by atoms with E-state index in [2.05, 4.69) is 23.5 Å². The Hall–Kier alpha value is -2.03. The van der Waals surface area contributed by atoms with Crippen LogP contribution in [0.2, 0.25) is 0 Å². The number of rotatable bonds is 7. The van der Waals surface area contributed by atoms with Crippen molar-refractivity contribution in [3.05, 3.63) is 41.5 Å². The molecule has 2 aliphatic carbocycles. The maximum Gasteiger partial charge on any atom is 0.573 e. The average molecular weight is 483 g/mol. The third kappa shape index (κ3) is 8.32. The Morgan fingerprint density at radius 3 is 2.06 bits per heavy atom. The lowest BCUT2D eigenvalue weighted by molar-refractivity contribution is -0.276. The molecule has 2 saturated carbocycles. The Bertz CT molecular complexity index is 840.